The van der Waals surface area contributed by atoms with E-state index in [0.29, 0.717) is 15.8 Å². The summed E-state index contributed by atoms with van der Waals surface area (Å²) in [6.45, 7) is 5.11. The topological polar surface area (TPSA) is 55.8 Å². The minimum atomic E-state index is -0.774. The normalized spacial score (nSPS) is 12.0. The fraction of sp³-hybridized carbons (Fsp3) is 0.467. The number of carbonyl (C=O) groups excluding carboxylic acids is 2. The van der Waals surface area contributed by atoms with Crippen molar-refractivity contribution < 1.29 is 19.1 Å². The van der Waals surface area contributed by atoms with E-state index in [1.54, 1.807) is 19.1 Å². The van der Waals surface area contributed by atoms with E-state index >= 15 is 0 Å². The number of amides is 1. The summed E-state index contributed by atoms with van der Waals surface area (Å²) in [7, 11) is 1.28. The van der Waals surface area contributed by atoms with Crippen molar-refractivity contribution in [2.75, 3.05) is 13.7 Å². The van der Waals surface area contributed by atoms with Gasteiger partial charge in [0.05, 0.1) is 17.2 Å². The van der Waals surface area contributed by atoms with Crippen LogP contribution in [0, 0.1) is 0 Å². The molecule has 7 heteroatoms. The van der Waals surface area contributed by atoms with Gasteiger partial charge in [0.2, 0.25) is 0 Å². The first-order valence-electron chi connectivity index (χ1n) is 6.75. The van der Waals surface area contributed by atoms with E-state index in [9.17, 15) is 9.59 Å². The van der Waals surface area contributed by atoms with Crippen LogP contribution in [0.15, 0.2) is 18.2 Å². The molecule has 0 fully saturated rings. The molecule has 0 aliphatic rings. The highest BCUT2D eigenvalue weighted by atomic mass is 35.5. The Morgan fingerprint density at radius 1 is 1.18 bits per heavy atom. The van der Waals surface area contributed by atoms with Crippen molar-refractivity contribution in [3.05, 3.63) is 28.2 Å². The highest BCUT2D eigenvalue weighted by Gasteiger charge is 2.26. The quantitative estimate of drug-likeness (QED) is 0.741. The molecule has 1 unspecified atom stereocenters. The Morgan fingerprint density at radius 2 is 1.82 bits per heavy atom. The van der Waals surface area contributed by atoms with Crippen LogP contribution in [0.5, 0.6) is 5.75 Å². The third-order valence-electron chi connectivity index (χ3n) is 2.99. The number of esters is 1. The zero-order valence-corrected chi connectivity index (χ0v) is 14.4. The number of hydrogen-bond donors (Lipinski definition) is 0. The summed E-state index contributed by atoms with van der Waals surface area (Å²) in [5, 5.41) is 0.747. The van der Waals surface area contributed by atoms with Crippen molar-refractivity contribution in [2.45, 2.75) is 32.9 Å². The molecular formula is C15H19Cl2NO4. The van der Waals surface area contributed by atoms with Crippen molar-refractivity contribution in [3.8, 4) is 5.75 Å². The van der Waals surface area contributed by atoms with Gasteiger partial charge in [-0.1, -0.05) is 23.2 Å². The molecule has 22 heavy (non-hydrogen) atoms. The highest BCUT2D eigenvalue weighted by molar-refractivity contribution is 6.42. The number of nitrogens with zero attached hydrogens (tertiary/aromatic N) is 1. The number of benzene rings is 1. The Kier molecular flexibility index (Phi) is 6.97. The molecular weight excluding hydrogens is 329 g/mol. The predicted octanol–water partition coefficient (Wildman–Crippen LogP) is 3.17. The van der Waals surface area contributed by atoms with Gasteiger partial charge >= 0.3 is 5.97 Å². The van der Waals surface area contributed by atoms with E-state index < -0.39 is 12.1 Å². The first-order valence-corrected chi connectivity index (χ1v) is 7.50. The first-order chi connectivity index (χ1) is 10.3. The van der Waals surface area contributed by atoms with Gasteiger partial charge in [-0.2, -0.15) is 0 Å². The Hall–Kier alpha value is -1.46. The molecule has 0 heterocycles. The predicted molar refractivity (Wildman–Crippen MR) is 85.4 cm³/mol. The molecule has 0 aliphatic carbocycles. The molecule has 0 spiro atoms. The van der Waals surface area contributed by atoms with Gasteiger partial charge in [-0.15, -0.1) is 0 Å². The van der Waals surface area contributed by atoms with Crippen LogP contribution in [-0.2, 0) is 14.3 Å². The van der Waals surface area contributed by atoms with Crippen molar-refractivity contribution >= 4 is 35.1 Å². The molecule has 0 bridgehead atoms. The molecule has 1 aromatic rings. The molecule has 0 N–H and O–H groups in total. The van der Waals surface area contributed by atoms with Gasteiger partial charge in [0.15, 0.2) is 6.10 Å². The molecule has 1 rings (SSSR count). The Labute approximate surface area is 140 Å². The van der Waals surface area contributed by atoms with Crippen LogP contribution in [0.25, 0.3) is 0 Å². The molecule has 5 nitrogen and oxygen atoms in total. The van der Waals surface area contributed by atoms with Gasteiger partial charge in [0.25, 0.3) is 5.91 Å². The average molecular weight is 348 g/mol. The molecule has 0 aliphatic heterocycles. The second kappa shape index (κ2) is 8.25. The second-order valence-corrected chi connectivity index (χ2v) is 5.79. The van der Waals surface area contributed by atoms with Crippen molar-refractivity contribution in [1.82, 2.24) is 4.90 Å². The van der Waals surface area contributed by atoms with E-state index in [1.807, 2.05) is 13.8 Å². The number of rotatable bonds is 6. The van der Waals surface area contributed by atoms with E-state index in [-0.39, 0.29) is 18.5 Å². The molecule has 122 valence electrons. The maximum Gasteiger partial charge on any atom is 0.325 e. The summed E-state index contributed by atoms with van der Waals surface area (Å²) >= 11 is 11.7. The van der Waals surface area contributed by atoms with E-state index in [4.69, 9.17) is 27.9 Å². The van der Waals surface area contributed by atoms with Gasteiger partial charge in [-0.05, 0) is 32.9 Å². The lowest BCUT2D eigenvalue weighted by molar-refractivity contribution is -0.150. The first kappa shape index (κ1) is 18.6. The maximum absolute atomic E-state index is 12.4. The summed E-state index contributed by atoms with van der Waals surface area (Å²) < 4.78 is 10.2. The van der Waals surface area contributed by atoms with Crippen molar-refractivity contribution in [2.24, 2.45) is 0 Å². The molecule has 1 atom stereocenters. The molecule has 1 aromatic carbocycles. The summed E-state index contributed by atoms with van der Waals surface area (Å²) in [6, 6.07) is 4.59. The fourth-order valence-electron chi connectivity index (χ4n) is 1.76. The lowest BCUT2D eigenvalue weighted by Gasteiger charge is -2.28. The third-order valence-corrected chi connectivity index (χ3v) is 3.72. The van der Waals surface area contributed by atoms with Crippen molar-refractivity contribution in [1.29, 1.82) is 0 Å². The average Bonchev–Trinajstić information content (AvgIpc) is 2.47. The molecule has 0 aromatic heterocycles. The number of methoxy groups -OCH3 is 1. The molecule has 0 saturated heterocycles. The zero-order valence-electron chi connectivity index (χ0n) is 12.9. The number of carbonyl (C=O) groups is 2. The van der Waals surface area contributed by atoms with Crippen LogP contribution in [0.1, 0.15) is 20.8 Å². The van der Waals surface area contributed by atoms with Crippen molar-refractivity contribution in [3.63, 3.8) is 0 Å². The van der Waals surface area contributed by atoms with E-state index in [0.717, 1.165) is 0 Å². The summed E-state index contributed by atoms with van der Waals surface area (Å²) in [5.74, 6) is -0.368. The largest absolute Gasteiger partial charge is 0.481 e. The van der Waals surface area contributed by atoms with Crippen LogP contribution in [-0.4, -0.2) is 42.6 Å². The monoisotopic (exact) mass is 347 g/mol. The number of ether oxygens (including phenoxy) is 2. The number of hydrogen-bond acceptors (Lipinski definition) is 4. The Balaban J connectivity index is 2.80. The van der Waals surface area contributed by atoms with Crippen LogP contribution < -0.4 is 4.74 Å². The lowest BCUT2D eigenvalue weighted by atomic mass is 10.2. The van der Waals surface area contributed by atoms with Gasteiger partial charge in [0, 0.05) is 12.1 Å². The second-order valence-electron chi connectivity index (χ2n) is 4.97. The van der Waals surface area contributed by atoms with Crippen LogP contribution in [0.4, 0.5) is 0 Å². The molecule has 0 saturated carbocycles. The summed E-state index contributed by atoms with van der Waals surface area (Å²) in [5.41, 5.74) is 0. The lowest BCUT2D eigenvalue weighted by Crippen LogP contribution is -2.47. The summed E-state index contributed by atoms with van der Waals surface area (Å²) in [6.07, 6.45) is -0.774. The van der Waals surface area contributed by atoms with Crippen LogP contribution >= 0.6 is 23.2 Å². The van der Waals surface area contributed by atoms with E-state index in [1.165, 1.54) is 18.1 Å². The number of halogens is 2. The van der Waals surface area contributed by atoms with Crippen LogP contribution in [0.3, 0.4) is 0 Å². The minimum absolute atomic E-state index is 0.123. The maximum atomic E-state index is 12.4. The van der Waals surface area contributed by atoms with Crippen LogP contribution in [0.2, 0.25) is 10.0 Å². The minimum Gasteiger partial charge on any atom is -0.481 e. The van der Waals surface area contributed by atoms with Gasteiger partial charge in [-0.3, -0.25) is 9.59 Å². The third kappa shape index (κ3) is 5.07. The SMILES string of the molecule is COC(=O)CN(C(=O)C(C)Oc1ccc(Cl)c(Cl)c1)C(C)C. The molecule has 1 amide bonds. The summed E-state index contributed by atoms with van der Waals surface area (Å²) in [4.78, 5) is 25.2. The van der Waals surface area contributed by atoms with Gasteiger partial charge < -0.3 is 14.4 Å². The standard InChI is InChI=1S/C15H19Cl2NO4/c1-9(2)18(8-14(19)21-4)15(20)10(3)22-11-5-6-12(16)13(17)7-11/h5-7,9-10H,8H2,1-4H3. The van der Waals surface area contributed by atoms with E-state index in [2.05, 4.69) is 4.74 Å². The van der Waals surface area contributed by atoms with Gasteiger partial charge in [0.1, 0.15) is 12.3 Å². The fourth-order valence-corrected chi connectivity index (χ4v) is 2.04. The zero-order chi connectivity index (χ0) is 16.9. The Bertz CT molecular complexity index is 548. The Morgan fingerprint density at radius 3 is 2.32 bits per heavy atom. The smallest absolute Gasteiger partial charge is 0.325 e. The van der Waals surface area contributed by atoms with Gasteiger partial charge in [-0.25, -0.2) is 0 Å². The molecule has 0 radical (unpaired) electrons. The highest BCUT2D eigenvalue weighted by Crippen LogP contribution is 2.27.